The van der Waals surface area contributed by atoms with Crippen molar-refractivity contribution >= 4 is 17.8 Å². The number of amides is 2. The van der Waals surface area contributed by atoms with Gasteiger partial charge < -0.3 is 19.9 Å². The molecule has 0 aliphatic carbocycles. The molecule has 1 aromatic rings. The quantitative estimate of drug-likeness (QED) is 0.607. The number of β-lactam (4-membered cyclic amide) rings is 1. The summed E-state index contributed by atoms with van der Waals surface area (Å²) in [6.45, 7) is 1.49. The second-order valence-electron chi connectivity index (χ2n) is 5.24. The van der Waals surface area contributed by atoms with Gasteiger partial charge >= 0.3 is 5.97 Å². The van der Waals surface area contributed by atoms with Crippen molar-refractivity contribution in [2.24, 2.45) is 0 Å². The molecule has 2 aliphatic heterocycles. The lowest BCUT2D eigenvalue weighted by molar-refractivity contribution is -0.186. The lowest BCUT2D eigenvalue weighted by Gasteiger charge is -2.48. The molecule has 8 heteroatoms. The zero-order valence-corrected chi connectivity index (χ0v) is 12.9. The fourth-order valence-electron chi connectivity index (χ4n) is 2.61. The van der Waals surface area contributed by atoms with Crippen molar-refractivity contribution in [1.82, 2.24) is 10.2 Å². The van der Waals surface area contributed by atoms with Crippen LogP contribution in [0.3, 0.4) is 0 Å². The van der Waals surface area contributed by atoms with Crippen LogP contribution in [-0.2, 0) is 19.1 Å². The number of aliphatic hydroxyl groups excluding tert-OH is 1. The van der Waals surface area contributed by atoms with Gasteiger partial charge in [-0.3, -0.25) is 14.5 Å². The molecule has 0 saturated carbocycles. The molecule has 2 atom stereocenters. The van der Waals surface area contributed by atoms with Crippen LogP contribution in [0.2, 0.25) is 0 Å². The maximum absolute atomic E-state index is 12.3. The number of rotatable bonds is 4. The topological polar surface area (TPSA) is 105 Å². The molecule has 1 aromatic carbocycles. The van der Waals surface area contributed by atoms with Crippen LogP contribution in [0.25, 0.3) is 0 Å². The molecule has 2 heterocycles. The van der Waals surface area contributed by atoms with Crippen LogP contribution >= 0.6 is 0 Å². The largest absolute Gasteiger partial charge is 0.507 e. The van der Waals surface area contributed by atoms with Gasteiger partial charge in [-0.15, -0.1) is 0 Å². The number of aliphatic hydroxyl groups is 1. The van der Waals surface area contributed by atoms with Gasteiger partial charge in [0.25, 0.3) is 11.8 Å². The van der Waals surface area contributed by atoms with E-state index in [0.29, 0.717) is 5.56 Å². The minimum absolute atomic E-state index is 0.108. The highest BCUT2D eigenvalue weighted by Crippen LogP contribution is 2.32. The molecule has 1 saturated heterocycles. The summed E-state index contributed by atoms with van der Waals surface area (Å²) in [6, 6.07) is 7.51. The summed E-state index contributed by atoms with van der Waals surface area (Å²) in [7, 11) is 0. The van der Waals surface area contributed by atoms with Gasteiger partial charge in [-0.05, 0) is 19.1 Å². The molecule has 2 amide bonds. The van der Waals surface area contributed by atoms with E-state index in [1.54, 1.807) is 37.3 Å². The monoisotopic (exact) mass is 332 g/mol. The Balaban J connectivity index is 1.74. The number of hydrogen-bond donors (Lipinski definition) is 2. The van der Waals surface area contributed by atoms with Gasteiger partial charge in [0.2, 0.25) is 0 Å². The average Bonchev–Trinajstić information content (AvgIpc) is 2.60. The van der Waals surface area contributed by atoms with Gasteiger partial charge in [0.1, 0.15) is 12.4 Å². The Morgan fingerprint density at radius 3 is 2.75 bits per heavy atom. The van der Waals surface area contributed by atoms with Crippen LogP contribution in [-0.4, -0.2) is 53.3 Å². The van der Waals surface area contributed by atoms with E-state index in [2.05, 4.69) is 5.32 Å². The van der Waals surface area contributed by atoms with Crippen molar-refractivity contribution in [3.63, 3.8) is 0 Å². The van der Waals surface area contributed by atoms with Crippen molar-refractivity contribution in [3.8, 4) is 0 Å². The van der Waals surface area contributed by atoms with E-state index in [9.17, 15) is 19.5 Å². The molecule has 126 valence electrons. The van der Waals surface area contributed by atoms with Crippen molar-refractivity contribution < 1.29 is 29.0 Å². The Kier molecular flexibility index (Phi) is 4.22. The number of benzene rings is 1. The fraction of sp³-hybridized carbons (Fsp3) is 0.312. The summed E-state index contributed by atoms with van der Waals surface area (Å²) in [6.07, 6.45) is -0.847. The number of hydrogen-bond acceptors (Lipinski definition) is 6. The zero-order chi connectivity index (χ0) is 17.3. The maximum Gasteiger partial charge on any atom is 0.358 e. The third kappa shape index (κ3) is 2.61. The van der Waals surface area contributed by atoms with E-state index in [-0.39, 0.29) is 24.7 Å². The van der Waals surface area contributed by atoms with Crippen molar-refractivity contribution in [3.05, 3.63) is 47.4 Å². The predicted octanol–water partition coefficient (Wildman–Crippen LogP) is 0.316. The van der Waals surface area contributed by atoms with E-state index in [1.807, 2.05) is 0 Å². The minimum Gasteiger partial charge on any atom is -0.507 e. The van der Waals surface area contributed by atoms with Crippen molar-refractivity contribution in [2.45, 2.75) is 19.2 Å². The van der Waals surface area contributed by atoms with Crippen molar-refractivity contribution in [1.29, 1.82) is 0 Å². The number of esters is 1. The molecule has 3 rings (SSSR count). The second kappa shape index (κ2) is 6.32. The molecule has 0 spiro atoms. The Labute approximate surface area is 137 Å². The number of carbonyl (C=O) groups is 3. The summed E-state index contributed by atoms with van der Waals surface area (Å²) in [5, 5.41) is 12.4. The zero-order valence-electron chi connectivity index (χ0n) is 12.9. The summed E-state index contributed by atoms with van der Waals surface area (Å²) in [5.41, 5.74) is 0.173. The lowest BCUT2D eigenvalue weighted by atomic mass is 10.0. The fourth-order valence-corrected chi connectivity index (χ4v) is 2.61. The first-order valence-electron chi connectivity index (χ1n) is 7.44. The maximum atomic E-state index is 12.3. The summed E-state index contributed by atoms with van der Waals surface area (Å²) >= 11 is 0. The number of carbonyl (C=O) groups excluding carboxylic acids is 3. The molecule has 24 heavy (non-hydrogen) atoms. The first-order chi connectivity index (χ1) is 11.5. The summed E-state index contributed by atoms with van der Waals surface area (Å²) < 4.78 is 10.2. The average molecular weight is 332 g/mol. The van der Waals surface area contributed by atoms with Gasteiger partial charge in [-0.25, -0.2) is 4.79 Å². The van der Waals surface area contributed by atoms with Gasteiger partial charge in [0, 0.05) is 5.56 Å². The molecule has 2 N–H and O–H groups in total. The van der Waals surface area contributed by atoms with E-state index < -0.39 is 30.1 Å². The third-order valence-electron chi connectivity index (χ3n) is 3.74. The van der Waals surface area contributed by atoms with Gasteiger partial charge in [-0.1, -0.05) is 18.2 Å². The first-order valence-corrected chi connectivity index (χ1v) is 7.44. The predicted molar refractivity (Wildman–Crippen MR) is 80.6 cm³/mol. The van der Waals surface area contributed by atoms with Crippen LogP contribution in [0.15, 0.2) is 41.8 Å². The molecule has 2 aliphatic rings. The number of ether oxygens (including phenoxy) is 2. The molecule has 8 nitrogen and oxygen atoms in total. The molecule has 2 unspecified atom stereocenters. The van der Waals surface area contributed by atoms with Gasteiger partial charge in [0.05, 0.1) is 6.61 Å². The first kappa shape index (κ1) is 16.0. The Morgan fingerprint density at radius 1 is 1.38 bits per heavy atom. The van der Waals surface area contributed by atoms with Crippen LogP contribution < -0.4 is 5.32 Å². The molecule has 0 radical (unpaired) electrons. The van der Waals surface area contributed by atoms with Crippen LogP contribution in [0.1, 0.15) is 17.3 Å². The number of fused-ring (bicyclic) bond motifs is 1. The normalized spacial score (nSPS) is 22.5. The minimum atomic E-state index is -0.921. The molecular formula is C16H16N2O6. The second-order valence-corrected chi connectivity index (χ2v) is 5.24. The highest BCUT2D eigenvalue weighted by atomic mass is 16.5. The van der Waals surface area contributed by atoms with Crippen LogP contribution in [0.5, 0.6) is 0 Å². The van der Waals surface area contributed by atoms with Crippen molar-refractivity contribution in [2.75, 3.05) is 13.2 Å². The van der Waals surface area contributed by atoms with Crippen LogP contribution in [0, 0.1) is 0 Å². The van der Waals surface area contributed by atoms with E-state index in [0.717, 1.165) is 4.90 Å². The molecule has 0 bridgehead atoms. The lowest BCUT2D eigenvalue weighted by Crippen LogP contribution is -2.73. The van der Waals surface area contributed by atoms with E-state index >= 15 is 0 Å². The standard InChI is InChI=1S/C16H16N2O6/c1-2-23-16(22)12-10(19)8-24-15-11(14(21)18(12)15)17-13(20)9-6-4-3-5-7-9/h3-7,11,15,19H,2,8H2,1H3,(H,17,20). The highest BCUT2D eigenvalue weighted by molar-refractivity contribution is 6.03. The smallest absolute Gasteiger partial charge is 0.358 e. The SMILES string of the molecule is CCOC(=O)C1=C(O)COC2C(NC(=O)c3ccccc3)C(=O)N12. The van der Waals surface area contributed by atoms with E-state index in [1.165, 1.54) is 0 Å². The van der Waals surface area contributed by atoms with E-state index in [4.69, 9.17) is 9.47 Å². The highest BCUT2D eigenvalue weighted by Gasteiger charge is 2.55. The molecule has 1 fully saturated rings. The Morgan fingerprint density at radius 2 is 2.08 bits per heavy atom. The van der Waals surface area contributed by atoms with Gasteiger partial charge in [-0.2, -0.15) is 0 Å². The number of nitrogens with one attached hydrogen (secondary N) is 1. The van der Waals surface area contributed by atoms with Crippen LogP contribution in [0.4, 0.5) is 0 Å². The number of nitrogens with zero attached hydrogens (tertiary/aromatic N) is 1. The Hall–Kier alpha value is -2.87. The summed E-state index contributed by atoms with van der Waals surface area (Å²) in [4.78, 5) is 37.4. The third-order valence-corrected chi connectivity index (χ3v) is 3.74. The summed E-state index contributed by atoms with van der Waals surface area (Å²) in [5.74, 6) is -2.14. The van der Waals surface area contributed by atoms with Gasteiger partial charge in [0.15, 0.2) is 18.0 Å². The Bertz CT molecular complexity index is 715. The molecular weight excluding hydrogens is 316 g/mol. The molecule has 0 aromatic heterocycles.